The first-order valence-electron chi connectivity index (χ1n) is 10.9. The van der Waals surface area contributed by atoms with E-state index in [0.29, 0.717) is 23.6 Å². The van der Waals surface area contributed by atoms with Crippen LogP contribution in [0.5, 0.6) is 5.75 Å². The van der Waals surface area contributed by atoms with Crippen molar-refractivity contribution in [3.05, 3.63) is 89.0 Å². The highest BCUT2D eigenvalue weighted by Crippen LogP contribution is 2.23. The van der Waals surface area contributed by atoms with E-state index in [1.54, 1.807) is 19.1 Å². The molecule has 174 valence electrons. The lowest BCUT2D eigenvalue weighted by atomic mass is 10.1. The minimum atomic E-state index is -3.95. The van der Waals surface area contributed by atoms with Crippen LogP contribution < -0.4 is 14.8 Å². The summed E-state index contributed by atoms with van der Waals surface area (Å²) in [7, 11) is -3.95. The molecule has 2 N–H and O–H groups in total. The van der Waals surface area contributed by atoms with Crippen molar-refractivity contribution in [2.45, 2.75) is 45.1 Å². The summed E-state index contributed by atoms with van der Waals surface area (Å²) < 4.78 is 34.5. The molecular weight excluding hydrogens is 436 g/mol. The summed E-state index contributed by atoms with van der Waals surface area (Å²) in [6.07, 6.45) is 0.215. The third-order valence-corrected chi connectivity index (χ3v) is 6.76. The van der Waals surface area contributed by atoms with Crippen LogP contribution in [0.25, 0.3) is 0 Å². The van der Waals surface area contributed by atoms with Gasteiger partial charge in [0.1, 0.15) is 11.8 Å². The summed E-state index contributed by atoms with van der Waals surface area (Å²) in [6.45, 7) is 8.03. The number of sulfonamides is 1. The van der Waals surface area contributed by atoms with Crippen LogP contribution in [0.4, 0.5) is 5.69 Å². The Morgan fingerprint density at radius 3 is 2.30 bits per heavy atom. The fraction of sp³-hybridized carbons (Fsp3) is 0.269. The molecule has 7 heteroatoms. The lowest BCUT2D eigenvalue weighted by molar-refractivity contribution is -0.117. The molecule has 1 unspecified atom stereocenters. The first-order valence-corrected chi connectivity index (χ1v) is 12.4. The van der Waals surface area contributed by atoms with Gasteiger partial charge in [0, 0.05) is 5.69 Å². The Morgan fingerprint density at radius 2 is 1.67 bits per heavy atom. The highest BCUT2D eigenvalue weighted by Gasteiger charge is 2.27. The third kappa shape index (κ3) is 6.43. The first-order chi connectivity index (χ1) is 15.7. The maximum absolute atomic E-state index is 13.2. The van der Waals surface area contributed by atoms with Gasteiger partial charge in [0.15, 0.2) is 0 Å². The molecule has 0 saturated heterocycles. The zero-order valence-corrected chi connectivity index (χ0v) is 20.2. The fourth-order valence-electron chi connectivity index (χ4n) is 3.57. The van der Waals surface area contributed by atoms with Crippen molar-refractivity contribution in [3.8, 4) is 5.75 Å². The van der Waals surface area contributed by atoms with Crippen LogP contribution in [-0.4, -0.2) is 27.0 Å². The van der Waals surface area contributed by atoms with Gasteiger partial charge in [-0.25, -0.2) is 8.42 Å². The Bertz CT molecular complexity index is 1220. The van der Waals surface area contributed by atoms with Crippen molar-refractivity contribution in [3.63, 3.8) is 0 Å². The largest absolute Gasteiger partial charge is 0.494 e. The zero-order chi connectivity index (χ0) is 24.0. The van der Waals surface area contributed by atoms with E-state index in [9.17, 15) is 13.2 Å². The Morgan fingerprint density at radius 1 is 0.939 bits per heavy atom. The second-order valence-corrected chi connectivity index (χ2v) is 9.75. The minimum Gasteiger partial charge on any atom is -0.494 e. The summed E-state index contributed by atoms with van der Waals surface area (Å²) in [6, 6.07) is 18.7. The number of carbonyl (C=O) groups is 1. The molecule has 1 atom stereocenters. The maximum atomic E-state index is 13.2. The Hall–Kier alpha value is -3.16. The molecule has 0 saturated carbocycles. The van der Waals surface area contributed by atoms with Gasteiger partial charge in [-0.05, 0) is 75.1 Å². The molecule has 33 heavy (non-hydrogen) atoms. The summed E-state index contributed by atoms with van der Waals surface area (Å²) >= 11 is 0. The standard InChI is InChI=1S/C26H30N2O4S/c1-5-32-25-14-12-22(16-20(25)4)33(30,31)28-24(17-21-9-7-6-8-10-21)26(29)27-23-13-11-18(2)15-19(23)3/h6-16,24,28H,5,17H2,1-4H3,(H,27,29). The van der Waals surface area contributed by atoms with E-state index in [1.165, 1.54) is 6.07 Å². The number of rotatable bonds is 9. The van der Waals surface area contributed by atoms with Gasteiger partial charge in [-0.15, -0.1) is 0 Å². The van der Waals surface area contributed by atoms with E-state index >= 15 is 0 Å². The highest BCUT2D eigenvalue weighted by molar-refractivity contribution is 7.89. The number of ether oxygens (including phenoxy) is 1. The second-order valence-electron chi connectivity index (χ2n) is 8.03. The molecule has 0 aliphatic heterocycles. The predicted molar refractivity (Wildman–Crippen MR) is 131 cm³/mol. The van der Waals surface area contributed by atoms with Crippen molar-refractivity contribution >= 4 is 21.6 Å². The van der Waals surface area contributed by atoms with E-state index in [-0.39, 0.29) is 11.3 Å². The number of aryl methyl sites for hydroxylation is 3. The molecule has 0 heterocycles. The predicted octanol–water partition coefficient (Wildman–Crippen LogP) is 4.54. The van der Waals surface area contributed by atoms with Crippen LogP contribution in [0.15, 0.2) is 71.6 Å². The molecule has 3 rings (SSSR count). The average Bonchev–Trinajstić information content (AvgIpc) is 2.77. The van der Waals surface area contributed by atoms with Gasteiger partial charge in [0.05, 0.1) is 11.5 Å². The van der Waals surface area contributed by atoms with E-state index in [4.69, 9.17) is 4.74 Å². The van der Waals surface area contributed by atoms with Crippen LogP contribution in [0.2, 0.25) is 0 Å². The summed E-state index contributed by atoms with van der Waals surface area (Å²) in [5.74, 6) is 0.210. The monoisotopic (exact) mass is 466 g/mol. The van der Waals surface area contributed by atoms with E-state index in [0.717, 1.165) is 16.7 Å². The molecule has 0 radical (unpaired) electrons. The van der Waals surface area contributed by atoms with Gasteiger partial charge < -0.3 is 10.1 Å². The van der Waals surface area contributed by atoms with Crippen molar-refractivity contribution in [1.29, 1.82) is 0 Å². The molecule has 3 aromatic carbocycles. The van der Waals surface area contributed by atoms with Crippen LogP contribution in [0.1, 0.15) is 29.2 Å². The topological polar surface area (TPSA) is 84.5 Å². The number of nitrogens with one attached hydrogen (secondary N) is 2. The molecule has 0 bridgehead atoms. The van der Waals surface area contributed by atoms with Gasteiger partial charge in [-0.3, -0.25) is 4.79 Å². The quantitative estimate of drug-likeness (QED) is 0.485. The summed E-state index contributed by atoms with van der Waals surface area (Å²) in [5.41, 5.74) is 4.20. The normalized spacial score (nSPS) is 12.2. The maximum Gasteiger partial charge on any atom is 0.242 e. The summed E-state index contributed by atoms with van der Waals surface area (Å²) in [4.78, 5) is 13.3. The van der Waals surface area contributed by atoms with Gasteiger partial charge >= 0.3 is 0 Å². The number of benzene rings is 3. The van der Waals surface area contributed by atoms with Crippen LogP contribution in [0.3, 0.4) is 0 Å². The van der Waals surface area contributed by atoms with E-state index in [2.05, 4.69) is 10.0 Å². The van der Waals surface area contributed by atoms with Crippen LogP contribution in [-0.2, 0) is 21.2 Å². The molecule has 0 fully saturated rings. The number of anilines is 1. The minimum absolute atomic E-state index is 0.0841. The van der Waals surface area contributed by atoms with Gasteiger partial charge in [-0.2, -0.15) is 4.72 Å². The van der Waals surface area contributed by atoms with Gasteiger partial charge in [0.25, 0.3) is 0 Å². The van der Waals surface area contributed by atoms with Crippen LogP contribution >= 0.6 is 0 Å². The summed E-state index contributed by atoms with van der Waals surface area (Å²) in [5, 5.41) is 2.88. The molecule has 0 spiro atoms. The third-order valence-electron chi connectivity index (χ3n) is 5.29. The Kier molecular flexibility index (Phi) is 7.89. The van der Waals surface area contributed by atoms with Gasteiger partial charge in [0.2, 0.25) is 15.9 Å². The van der Waals surface area contributed by atoms with Crippen LogP contribution in [0, 0.1) is 20.8 Å². The molecule has 0 aromatic heterocycles. The smallest absolute Gasteiger partial charge is 0.242 e. The first kappa shape index (κ1) is 24.5. The van der Waals surface area contributed by atoms with E-state index < -0.39 is 22.0 Å². The molecule has 1 amide bonds. The van der Waals surface area contributed by atoms with E-state index in [1.807, 2.05) is 69.3 Å². The van der Waals surface area contributed by atoms with Crippen molar-refractivity contribution in [2.75, 3.05) is 11.9 Å². The number of hydrogen-bond acceptors (Lipinski definition) is 4. The molecule has 0 aliphatic carbocycles. The Balaban J connectivity index is 1.88. The Labute approximate surface area is 196 Å². The lowest BCUT2D eigenvalue weighted by Gasteiger charge is -2.20. The van der Waals surface area contributed by atoms with Crippen molar-refractivity contribution in [1.82, 2.24) is 4.72 Å². The van der Waals surface area contributed by atoms with Crippen molar-refractivity contribution < 1.29 is 17.9 Å². The molecule has 0 aliphatic rings. The lowest BCUT2D eigenvalue weighted by Crippen LogP contribution is -2.45. The second kappa shape index (κ2) is 10.6. The molecule has 6 nitrogen and oxygen atoms in total. The number of hydrogen-bond donors (Lipinski definition) is 2. The number of amides is 1. The fourth-order valence-corrected chi connectivity index (χ4v) is 4.85. The highest BCUT2D eigenvalue weighted by atomic mass is 32.2. The molecular formula is C26H30N2O4S. The zero-order valence-electron chi connectivity index (χ0n) is 19.4. The van der Waals surface area contributed by atoms with Gasteiger partial charge in [-0.1, -0.05) is 48.0 Å². The number of carbonyl (C=O) groups excluding carboxylic acids is 1. The molecule has 3 aromatic rings. The SMILES string of the molecule is CCOc1ccc(S(=O)(=O)NC(Cc2ccccc2)C(=O)Nc2ccc(C)cc2C)cc1C. The van der Waals surface area contributed by atoms with Crippen molar-refractivity contribution in [2.24, 2.45) is 0 Å². The average molecular weight is 467 g/mol.